The maximum absolute atomic E-state index is 12.9. The number of thioether (sulfide) groups is 1. The topological polar surface area (TPSA) is 49.4 Å². The Morgan fingerprint density at radius 3 is 2.36 bits per heavy atom. The van der Waals surface area contributed by atoms with Crippen LogP contribution in [0.1, 0.15) is 18.4 Å². The van der Waals surface area contributed by atoms with Crippen LogP contribution in [0.4, 0.5) is 10.1 Å². The van der Waals surface area contributed by atoms with E-state index in [2.05, 4.69) is 29.6 Å². The zero-order valence-electron chi connectivity index (χ0n) is 15.8. The first-order valence-electron chi connectivity index (χ1n) is 9.55. The van der Waals surface area contributed by atoms with Gasteiger partial charge < -0.3 is 10.2 Å². The van der Waals surface area contributed by atoms with Gasteiger partial charge in [-0.25, -0.2) is 4.39 Å². The van der Waals surface area contributed by atoms with Gasteiger partial charge in [0.15, 0.2) is 0 Å². The van der Waals surface area contributed by atoms with E-state index in [1.807, 2.05) is 11.0 Å². The number of carbonyl (C=O) groups excluding carboxylic acids is 2. The van der Waals surface area contributed by atoms with E-state index in [9.17, 15) is 14.0 Å². The quantitative estimate of drug-likeness (QED) is 0.765. The van der Waals surface area contributed by atoms with Crippen LogP contribution in [0.5, 0.6) is 0 Å². The van der Waals surface area contributed by atoms with E-state index in [0.29, 0.717) is 17.4 Å². The summed E-state index contributed by atoms with van der Waals surface area (Å²) in [6.07, 6.45) is 3.12. The molecule has 0 bridgehead atoms. The first kappa shape index (κ1) is 20.4. The zero-order valence-corrected chi connectivity index (χ0v) is 16.6. The number of benzene rings is 2. The summed E-state index contributed by atoms with van der Waals surface area (Å²) in [6.45, 7) is 1.58. The monoisotopic (exact) mass is 400 g/mol. The Hall–Kier alpha value is -2.34. The third kappa shape index (κ3) is 6.37. The molecule has 4 nitrogen and oxygen atoms in total. The fraction of sp³-hybridized carbons (Fsp3) is 0.364. The number of hydrogen-bond donors (Lipinski definition) is 1. The van der Waals surface area contributed by atoms with Gasteiger partial charge in [0, 0.05) is 18.8 Å². The highest BCUT2D eigenvalue weighted by molar-refractivity contribution is 8.00. The number of halogens is 1. The largest absolute Gasteiger partial charge is 0.342 e. The number of hydrogen-bond acceptors (Lipinski definition) is 3. The fourth-order valence-electron chi connectivity index (χ4n) is 3.39. The summed E-state index contributed by atoms with van der Waals surface area (Å²) in [6, 6.07) is 16.1. The molecule has 148 valence electrons. The number of carbonyl (C=O) groups is 2. The summed E-state index contributed by atoms with van der Waals surface area (Å²) < 4.78 is 12.9. The van der Waals surface area contributed by atoms with Crippen LogP contribution < -0.4 is 5.32 Å². The maximum atomic E-state index is 12.9. The molecule has 0 atom stereocenters. The SMILES string of the molecule is O=C(CSCC(=O)N1CCC(Cc2ccccc2)CC1)Nc1ccc(F)cc1. The van der Waals surface area contributed by atoms with Crippen molar-refractivity contribution < 1.29 is 14.0 Å². The minimum atomic E-state index is -0.342. The van der Waals surface area contributed by atoms with E-state index < -0.39 is 0 Å². The van der Waals surface area contributed by atoms with E-state index >= 15 is 0 Å². The molecule has 6 heteroatoms. The van der Waals surface area contributed by atoms with Crippen molar-refractivity contribution in [1.29, 1.82) is 0 Å². The molecule has 3 rings (SSSR count). The van der Waals surface area contributed by atoms with Crippen molar-refractivity contribution in [2.45, 2.75) is 19.3 Å². The number of likely N-dealkylation sites (tertiary alicyclic amines) is 1. The smallest absolute Gasteiger partial charge is 0.234 e. The van der Waals surface area contributed by atoms with Crippen LogP contribution in [0.15, 0.2) is 54.6 Å². The molecular weight excluding hydrogens is 375 g/mol. The van der Waals surface area contributed by atoms with Crippen molar-refractivity contribution in [3.8, 4) is 0 Å². The molecule has 0 spiro atoms. The molecule has 2 amide bonds. The zero-order chi connectivity index (χ0) is 19.8. The highest BCUT2D eigenvalue weighted by Gasteiger charge is 2.22. The lowest BCUT2D eigenvalue weighted by Gasteiger charge is -2.32. The van der Waals surface area contributed by atoms with Crippen molar-refractivity contribution in [3.05, 3.63) is 66.0 Å². The van der Waals surface area contributed by atoms with Gasteiger partial charge >= 0.3 is 0 Å². The van der Waals surface area contributed by atoms with Gasteiger partial charge in [-0.1, -0.05) is 30.3 Å². The molecule has 1 aliphatic rings. The van der Waals surface area contributed by atoms with Gasteiger partial charge in [-0.15, -0.1) is 11.8 Å². The van der Waals surface area contributed by atoms with Gasteiger partial charge in [-0.2, -0.15) is 0 Å². The van der Waals surface area contributed by atoms with E-state index in [1.165, 1.54) is 41.6 Å². The molecule has 1 N–H and O–H groups in total. The summed E-state index contributed by atoms with van der Waals surface area (Å²) in [4.78, 5) is 26.2. The molecule has 1 fully saturated rings. The normalized spacial score (nSPS) is 14.7. The molecule has 0 unspecified atom stereocenters. The molecular formula is C22H25FN2O2S. The number of amides is 2. The van der Waals surface area contributed by atoms with Crippen LogP contribution in [0, 0.1) is 11.7 Å². The molecule has 28 heavy (non-hydrogen) atoms. The van der Waals surface area contributed by atoms with Crippen LogP contribution in [-0.4, -0.2) is 41.3 Å². The average Bonchev–Trinajstić information content (AvgIpc) is 2.71. The summed E-state index contributed by atoms with van der Waals surface area (Å²) in [5.74, 6) is 0.697. The van der Waals surface area contributed by atoms with Crippen molar-refractivity contribution in [1.82, 2.24) is 4.90 Å². The molecule has 1 heterocycles. The van der Waals surface area contributed by atoms with Crippen molar-refractivity contribution in [2.24, 2.45) is 5.92 Å². The molecule has 1 aliphatic heterocycles. The van der Waals surface area contributed by atoms with Crippen LogP contribution in [0.2, 0.25) is 0 Å². The highest BCUT2D eigenvalue weighted by atomic mass is 32.2. The Morgan fingerprint density at radius 1 is 1.00 bits per heavy atom. The summed E-state index contributed by atoms with van der Waals surface area (Å²) >= 11 is 1.31. The van der Waals surface area contributed by atoms with E-state index in [1.54, 1.807) is 0 Å². The molecule has 2 aromatic carbocycles. The van der Waals surface area contributed by atoms with Crippen LogP contribution in [0.25, 0.3) is 0 Å². The van der Waals surface area contributed by atoms with Gasteiger partial charge in [0.1, 0.15) is 5.82 Å². The van der Waals surface area contributed by atoms with Crippen molar-refractivity contribution in [2.75, 3.05) is 29.9 Å². The number of rotatable bonds is 7. The van der Waals surface area contributed by atoms with Crippen molar-refractivity contribution >= 4 is 29.3 Å². The minimum absolute atomic E-state index is 0.0951. The maximum Gasteiger partial charge on any atom is 0.234 e. The third-order valence-electron chi connectivity index (χ3n) is 4.92. The van der Waals surface area contributed by atoms with Crippen molar-refractivity contribution in [3.63, 3.8) is 0 Å². The number of nitrogens with one attached hydrogen (secondary N) is 1. The Bertz CT molecular complexity index is 775. The molecule has 0 aliphatic carbocycles. The summed E-state index contributed by atoms with van der Waals surface area (Å²) in [5.41, 5.74) is 1.91. The minimum Gasteiger partial charge on any atom is -0.342 e. The summed E-state index contributed by atoms with van der Waals surface area (Å²) in [5, 5.41) is 2.70. The van der Waals surface area contributed by atoms with Gasteiger partial charge in [-0.3, -0.25) is 9.59 Å². The predicted molar refractivity (Wildman–Crippen MR) is 112 cm³/mol. The molecule has 0 aromatic heterocycles. The molecule has 0 saturated carbocycles. The first-order valence-corrected chi connectivity index (χ1v) is 10.7. The first-order chi connectivity index (χ1) is 13.6. The lowest BCUT2D eigenvalue weighted by molar-refractivity contribution is -0.129. The van der Waals surface area contributed by atoms with E-state index in [-0.39, 0.29) is 23.4 Å². The second-order valence-electron chi connectivity index (χ2n) is 7.06. The highest BCUT2D eigenvalue weighted by Crippen LogP contribution is 2.22. The average molecular weight is 401 g/mol. The van der Waals surface area contributed by atoms with Crippen LogP contribution in [-0.2, 0) is 16.0 Å². The second-order valence-corrected chi connectivity index (χ2v) is 8.05. The Balaban J connectivity index is 1.33. The second kappa shape index (κ2) is 10.3. The lowest BCUT2D eigenvalue weighted by Crippen LogP contribution is -2.40. The Kier molecular flexibility index (Phi) is 7.48. The van der Waals surface area contributed by atoms with Gasteiger partial charge in [0.05, 0.1) is 11.5 Å². The fourth-order valence-corrected chi connectivity index (χ4v) is 4.10. The number of anilines is 1. The van der Waals surface area contributed by atoms with Gasteiger partial charge in [0.25, 0.3) is 0 Å². The predicted octanol–water partition coefficient (Wildman–Crippen LogP) is 3.98. The van der Waals surface area contributed by atoms with Gasteiger partial charge in [0.2, 0.25) is 11.8 Å². The van der Waals surface area contributed by atoms with Crippen LogP contribution >= 0.6 is 11.8 Å². The Labute approximate surface area is 169 Å². The summed E-state index contributed by atoms with van der Waals surface area (Å²) in [7, 11) is 0. The number of nitrogens with zero attached hydrogens (tertiary/aromatic N) is 1. The van der Waals surface area contributed by atoms with Crippen LogP contribution in [0.3, 0.4) is 0 Å². The van der Waals surface area contributed by atoms with Gasteiger partial charge in [-0.05, 0) is 55.0 Å². The third-order valence-corrected chi connectivity index (χ3v) is 5.84. The Morgan fingerprint density at radius 2 is 1.68 bits per heavy atom. The number of piperidine rings is 1. The van der Waals surface area contributed by atoms with E-state index in [4.69, 9.17) is 0 Å². The molecule has 0 radical (unpaired) electrons. The lowest BCUT2D eigenvalue weighted by atomic mass is 9.90. The standard InChI is InChI=1S/C22H25FN2O2S/c23-19-6-8-20(9-7-19)24-21(26)15-28-16-22(27)25-12-10-18(11-13-25)14-17-4-2-1-3-5-17/h1-9,18H,10-16H2,(H,24,26). The van der Waals surface area contributed by atoms with E-state index in [0.717, 1.165) is 32.4 Å². The molecule has 2 aromatic rings. The molecule has 1 saturated heterocycles.